The molecule has 1 atom stereocenters. The van der Waals surface area contributed by atoms with E-state index in [1.807, 2.05) is 32.4 Å². The summed E-state index contributed by atoms with van der Waals surface area (Å²) in [6.07, 6.45) is -0.224. The SMILES string of the molecule is CCNC(=NCc1nnc(C)n1C)NCC(C)Oc1ccccc1F.I. The van der Waals surface area contributed by atoms with Crippen molar-refractivity contribution in [1.82, 2.24) is 25.4 Å². The highest BCUT2D eigenvalue weighted by atomic mass is 127. The largest absolute Gasteiger partial charge is 0.486 e. The minimum Gasteiger partial charge on any atom is -0.486 e. The van der Waals surface area contributed by atoms with Gasteiger partial charge in [0.25, 0.3) is 0 Å². The molecule has 1 aromatic carbocycles. The summed E-state index contributed by atoms with van der Waals surface area (Å²) in [5, 5.41) is 14.5. The first-order chi connectivity index (χ1) is 12.0. The topological polar surface area (TPSA) is 76.4 Å². The Labute approximate surface area is 170 Å². The third-order valence-corrected chi connectivity index (χ3v) is 3.63. The molecule has 0 spiro atoms. The van der Waals surface area contributed by atoms with Crippen LogP contribution in [-0.4, -0.2) is 39.9 Å². The molecule has 9 heteroatoms. The van der Waals surface area contributed by atoms with Crippen molar-refractivity contribution in [2.45, 2.75) is 33.4 Å². The van der Waals surface area contributed by atoms with E-state index in [0.717, 1.165) is 18.2 Å². The number of hydrogen-bond acceptors (Lipinski definition) is 4. The molecule has 0 fully saturated rings. The van der Waals surface area contributed by atoms with Crippen molar-refractivity contribution in [3.8, 4) is 5.75 Å². The zero-order valence-corrected chi connectivity index (χ0v) is 17.8. The van der Waals surface area contributed by atoms with E-state index in [9.17, 15) is 4.39 Å². The number of hydrogen-bond donors (Lipinski definition) is 2. The maximum Gasteiger partial charge on any atom is 0.191 e. The molecule has 2 rings (SSSR count). The van der Waals surface area contributed by atoms with Crippen molar-refractivity contribution in [3.63, 3.8) is 0 Å². The molecule has 1 aromatic heterocycles. The van der Waals surface area contributed by atoms with Gasteiger partial charge in [-0.1, -0.05) is 12.1 Å². The summed E-state index contributed by atoms with van der Waals surface area (Å²) in [6.45, 7) is 7.38. The number of aliphatic imine (C=N–C) groups is 1. The fourth-order valence-corrected chi connectivity index (χ4v) is 2.12. The number of benzene rings is 1. The average molecular weight is 476 g/mol. The lowest BCUT2D eigenvalue weighted by Crippen LogP contribution is -2.41. The fourth-order valence-electron chi connectivity index (χ4n) is 2.12. The van der Waals surface area contributed by atoms with Gasteiger partial charge >= 0.3 is 0 Å². The number of rotatable bonds is 7. The Hall–Kier alpha value is -1.91. The Bertz CT molecular complexity index is 721. The highest BCUT2D eigenvalue weighted by Crippen LogP contribution is 2.16. The predicted molar refractivity (Wildman–Crippen MR) is 110 cm³/mol. The Kier molecular flexibility index (Phi) is 9.31. The van der Waals surface area contributed by atoms with Crippen LogP contribution in [0.5, 0.6) is 5.75 Å². The monoisotopic (exact) mass is 476 g/mol. The Balaban J connectivity index is 0.00000338. The lowest BCUT2D eigenvalue weighted by atomic mass is 10.3. The summed E-state index contributed by atoms with van der Waals surface area (Å²) >= 11 is 0. The van der Waals surface area contributed by atoms with Crippen LogP contribution < -0.4 is 15.4 Å². The van der Waals surface area contributed by atoms with Crippen molar-refractivity contribution in [2.75, 3.05) is 13.1 Å². The third kappa shape index (κ3) is 6.43. The molecule has 0 aliphatic rings. The average Bonchev–Trinajstić information content (AvgIpc) is 2.91. The second kappa shape index (κ2) is 10.9. The van der Waals surface area contributed by atoms with Crippen molar-refractivity contribution in [2.24, 2.45) is 12.0 Å². The van der Waals surface area contributed by atoms with E-state index in [0.29, 0.717) is 19.0 Å². The molecular formula is C17H26FIN6O. The van der Waals surface area contributed by atoms with Gasteiger partial charge in [-0.2, -0.15) is 0 Å². The van der Waals surface area contributed by atoms with Crippen LogP contribution in [0.2, 0.25) is 0 Å². The second-order valence-electron chi connectivity index (χ2n) is 5.66. The van der Waals surface area contributed by atoms with E-state index in [1.54, 1.807) is 18.2 Å². The molecule has 0 saturated heterocycles. The van der Waals surface area contributed by atoms with Crippen LogP contribution in [0.3, 0.4) is 0 Å². The smallest absolute Gasteiger partial charge is 0.191 e. The number of guanidine groups is 1. The predicted octanol–water partition coefficient (Wildman–Crippen LogP) is 2.40. The standard InChI is InChI=1S/C17H25FN6O.HI/c1-5-19-17(21-11-16-23-22-13(3)24(16)4)20-10-12(2)25-15-9-7-6-8-14(15)18;/h6-9,12H,5,10-11H2,1-4H3,(H2,19,20,21);1H. The molecule has 2 aromatic rings. The molecule has 0 aliphatic heterocycles. The zero-order chi connectivity index (χ0) is 18.2. The molecule has 1 heterocycles. The maximum atomic E-state index is 13.6. The van der Waals surface area contributed by atoms with E-state index in [2.05, 4.69) is 25.8 Å². The Morgan fingerprint density at radius 2 is 2.04 bits per heavy atom. The number of aryl methyl sites for hydroxylation is 1. The minimum absolute atomic E-state index is 0. The van der Waals surface area contributed by atoms with Gasteiger partial charge in [-0.25, -0.2) is 9.38 Å². The minimum atomic E-state index is -0.368. The molecule has 0 amide bonds. The molecule has 0 aliphatic carbocycles. The van der Waals surface area contributed by atoms with Crippen LogP contribution in [0.15, 0.2) is 29.3 Å². The Morgan fingerprint density at radius 1 is 1.31 bits per heavy atom. The first-order valence-electron chi connectivity index (χ1n) is 8.29. The molecule has 0 radical (unpaired) electrons. The highest BCUT2D eigenvalue weighted by molar-refractivity contribution is 14.0. The highest BCUT2D eigenvalue weighted by Gasteiger charge is 2.09. The van der Waals surface area contributed by atoms with Crippen LogP contribution in [0, 0.1) is 12.7 Å². The second-order valence-corrected chi connectivity index (χ2v) is 5.66. The van der Waals surface area contributed by atoms with Crippen molar-refractivity contribution in [3.05, 3.63) is 41.7 Å². The van der Waals surface area contributed by atoms with Crippen LogP contribution in [0.25, 0.3) is 0 Å². The Morgan fingerprint density at radius 3 is 2.65 bits per heavy atom. The van der Waals surface area contributed by atoms with Gasteiger partial charge in [-0.3, -0.25) is 0 Å². The molecule has 26 heavy (non-hydrogen) atoms. The van der Waals surface area contributed by atoms with Gasteiger partial charge in [0.1, 0.15) is 18.5 Å². The fraction of sp³-hybridized carbons (Fsp3) is 0.471. The zero-order valence-electron chi connectivity index (χ0n) is 15.5. The van der Waals surface area contributed by atoms with Gasteiger partial charge in [0.2, 0.25) is 0 Å². The van der Waals surface area contributed by atoms with Crippen LogP contribution in [0.4, 0.5) is 4.39 Å². The number of para-hydroxylation sites is 1. The quantitative estimate of drug-likeness (QED) is 0.365. The number of nitrogens with zero attached hydrogens (tertiary/aromatic N) is 4. The molecule has 2 N–H and O–H groups in total. The number of aromatic nitrogens is 3. The number of nitrogens with one attached hydrogen (secondary N) is 2. The van der Waals surface area contributed by atoms with E-state index in [4.69, 9.17) is 4.74 Å². The normalized spacial score (nSPS) is 12.3. The van der Waals surface area contributed by atoms with Crippen LogP contribution in [-0.2, 0) is 13.6 Å². The van der Waals surface area contributed by atoms with Gasteiger partial charge < -0.3 is 19.9 Å². The van der Waals surface area contributed by atoms with E-state index >= 15 is 0 Å². The lowest BCUT2D eigenvalue weighted by Gasteiger charge is -2.18. The van der Waals surface area contributed by atoms with Crippen molar-refractivity contribution >= 4 is 29.9 Å². The van der Waals surface area contributed by atoms with E-state index in [1.165, 1.54) is 6.07 Å². The first-order valence-corrected chi connectivity index (χ1v) is 8.29. The molecule has 0 bridgehead atoms. The molecule has 0 saturated carbocycles. The summed E-state index contributed by atoms with van der Waals surface area (Å²) in [4.78, 5) is 4.50. The molecule has 1 unspecified atom stereocenters. The van der Waals surface area contributed by atoms with Gasteiger partial charge in [-0.05, 0) is 32.9 Å². The molecule has 7 nitrogen and oxygen atoms in total. The number of halogens is 2. The summed E-state index contributed by atoms with van der Waals surface area (Å²) in [5.74, 6) is 2.15. The summed E-state index contributed by atoms with van der Waals surface area (Å²) in [6, 6.07) is 6.37. The van der Waals surface area contributed by atoms with E-state index < -0.39 is 0 Å². The van der Waals surface area contributed by atoms with E-state index in [-0.39, 0.29) is 41.6 Å². The third-order valence-electron chi connectivity index (χ3n) is 3.63. The van der Waals surface area contributed by atoms with Gasteiger partial charge in [0.05, 0.1) is 6.54 Å². The summed E-state index contributed by atoms with van der Waals surface area (Å²) in [5.41, 5.74) is 0. The van der Waals surface area contributed by atoms with Gasteiger partial charge in [0, 0.05) is 13.6 Å². The molecular weight excluding hydrogens is 450 g/mol. The van der Waals surface area contributed by atoms with Crippen molar-refractivity contribution < 1.29 is 9.13 Å². The molecule has 144 valence electrons. The van der Waals surface area contributed by atoms with Crippen LogP contribution >= 0.6 is 24.0 Å². The summed E-state index contributed by atoms with van der Waals surface area (Å²) < 4.78 is 21.1. The van der Waals surface area contributed by atoms with Crippen molar-refractivity contribution in [1.29, 1.82) is 0 Å². The lowest BCUT2D eigenvalue weighted by molar-refractivity contribution is 0.214. The first kappa shape index (κ1) is 22.1. The summed E-state index contributed by atoms with van der Waals surface area (Å²) in [7, 11) is 1.91. The maximum absolute atomic E-state index is 13.6. The number of ether oxygens (including phenoxy) is 1. The van der Waals surface area contributed by atoms with Gasteiger partial charge in [-0.15, -0.1) is 34.2 Å². The van der Waals surface area contributed by atoms with Crippen LogP contribution in [0.1, 0.15) is 25.5 Å². The van der Waals surface area contributed by atoms with Gasteiger partial charge in [0.15, 0.2) is 23.4 Å².